The third-order valence-electron chi connectivity index (χ3n) is 4.07. The van der Waals surface area contributed by atoms with Gasteiger partial charge in [0.25, 0.3) is 0 Å². The van der Waals surface area contributed by atoms with E-state index in [-0.39, 0.29) is 0 Å². The molecule has 0 aliphatic heterocycles. The highest BCUT2D eigenvalue weighted by atomic mass is 14.9. The first-order valence-electron chi connectivity index (χ1n) is 10.1. The minimum absolute atomic E-state index is 0.816. The van der Waals surface area contributed by atoms with Crippen LogP contribution in [0.15, 0.2) is 48.7 Å². The van der Waals surface area contributed by atoms with E-state index < -0.39 is 0 Å². The van der Waals surface area contributed by atoms with E-state index in [1.54, 1.807) is 0 Å². The summed E-state index contributed by atoms with van der Waals surface area (Å²) in [6.45, 7) is 13.0. The molecule has 0 aliphatic carbocycles. The van der Waals surface area contributed by atoms with Gasteiger partial charge in [-0.2, -0.15) is 0 Å². The minimum Gasteiger partial charge on any atom is -0.382 e. The van der Waals surface area contributed by atoms with Crippen molar-refractivity contribution in [3.8, 4) is 0 Å². The molecule has 1 nitrogen and oxygen atoms in total. The topological polar surface area (TPSA) is 12.0 Å². The lowest BCUT2D eigenvalue weighted by atomic mass is 10.1. The lowest BCUT2D eigenvalue weighted by molar-refractivity contribution is 0.621. The Labute approximate surface area is 152 Å². The van der Waals surface area contributed by atoms with Crippen LogP contribution in [-0.4, -0.2) is 6.54 Å². The zero-order valence-electron chi connectivity index (χ0n) is 16.4. The Balaban J connectivity index is 3.29. The van der Waals surface area contributed by atoms with Crippen LogP contribution in [0, 0.1) is 0 Å². The number of allylic oxidation sites excluding steroid dienone is 4. The highest BCUT2D eigenvalue weighted by Crippen LogP contribution is 2.09. The predicted octanol–water partition coefficient (Wildman–Crippen LogP) is 7.48. The molecule has 24 heavy (non-hydrogen) atoms. The molecule has 0 amide bonds. The maximum Gasteiger partial charge on any atom is 0.0354 e. The zero-order chi connectivity index (χ0) is 17.9. The summed E-state index contributed by atoms with van der Waals surface area (Å²) in [4.78, 5) is 0. The second-order valence-corrected chi connectivity index (χ2v) is 6.90. The van der Waals surface area contributed by atoms with Crippen molar-refractivity contribution in [3.05, 3.63) is 48.7 Å². The number of unbranched alkanes of at least 4 members (excludes halogenated alkanes) is 10. The van der Waals surface area contributed by atoms with E-state index in [2.05, 4.69) is 49.7 Å². The number of nitrogens with one attached hydrogen (secondary N) is 1. The molecule has 0 atom stereocenters. The Kier molecular flexibility index (Phi) is 17.2. The van der Waals surface area contributed by atoms with Gasteiger partial charge in [0.05, 0.1) is 0 Å². The largest absolute Gasteiger partial charge is 0.382 e. The average Bonchev–Trinajstić information content (AvgIpc) is 2.56. The van der Waals surface area contributed by atoms with E-state index >= 15 is 0 Å². The van der Waals surface area contributed by atoms with Crippen LogP contribution in [0.25, 0.3) is 0 Å². The maximum absolute atomic E-state index is 3.98. The summed E-state index contributed by atoms with van der Waals surface area (Å²) in [5, 5.41) is 3.24. The molecule has 0 saturated carbocycles. The summed E-state index contributed by atoms with van der Waals surface area (Å²) >= 11 is 0. The molecule has 0 aromatic carbocycles. The van der Waals surface area contributed by atoms with Crippen molar-refractivity contribution in [2.45, 2.75) is 90.9 Å². The van der Waals surface area contributed by atoms with Gasteiger partial charge >= 0.3 is 0 Å². The molecule has 0 aromatic rings. The molecule has 1 N–H and O–H groups in total. The highest BCUT2D eigenvalue weighted by Gasteiger charge is 1.91. The lowest BCUT2D eigenvalue weighted by Gasteiger charge is -2.04. The van der Waals surface area contributed by atoms with Crippen molar-refractivity contribution in [2.24, 2.45) is 0 Å². The molecule has 1 heteroatoms. The smallest absolute Gasteiger partial charge is 0.0354 e. The molecule has 0 saturated heterocycles. The van der Waals surface area contributed by atoms with Gasteiger partial charge in [-0.1, -0.05) is 82.4 Å². The molecule has 0 aromatic heterocycles. The summed E-state index contributed by atoms with van der Waals surface area (Å²) in [7, 11) is 0. The Morgan fingerprint density at radius 2 is 1.25 bits per heavy atom. The summed E-state index contributed by atoms with van der Waals surface area (Å²) in [5.74, 6) is 0. The van der Waals surface area contributed by atoms with Gasteiger partial charge < -0.3 is 5.32 Å². The quantitative estimate of drug-likeness (QED) is 0.165. The van der Waals surface area contributed by atoms with Crippen LogP contribution in [0.1, 0.15) is 90.9 Å². The first-order chi connectivity index (χ1) is 11.7. The van der Waals surface area contributed by atoms with Crippen molar-refractivity contribution in [1.82, 2.24) is 5.32 Å². The van der Waals surface area contributed by atoms with Gasteiger partial charge in [-0.15, -0.1) is 0 Å². The van der Waals surface area contributed by atoms with E-state index in [4.69, 9.17) is 0 Å². The van der Waals surface area contributed by atoms with Gasteiger partial charge in [-0.25, -0.2) is 0 Å². The van der Waals surface area contributed by atoms with Gasteiger partial charge in [0.15, 0.2) is 0 Å². The molecule has 0 fully saturated rings. The first-order valence-corrected chi connectivity index (χ1v) is 10.1. The SMILES string of the molecule is C=C(C)CNC(=C)/C=C/CCCCCCC/C=C\CCCCCC. The second kappa shape index (κ2) is 18.1. The van der Waals surface area contributed by atoms with Crippen molar-refractivity contribution < 1.29 is 0 Å². The summed E-state index contributed by atoms with van der Waals surface area (Å²) in [6.07, 6.45) is 25.0. The fourth-order valence-electron chi connectivity index (χ4n) is 2.53. The first kappa shape index (κ1) is 22.8. The Hall–Kier alpha value is -1.24. The van der Waals surface area contributed by atoms with Crippen LogP contribution >= 0.6 is 0 Å². The van der Waals surface area contributed by atoms with E-state index in [9.17, 15) is 0 Å². The van der Waals surface area contributed by atoms with Crippen molar-refractivity contribution in [1.29, 1.82) is 0 Å². The van der Waals surface area contributed by atoms with Crippen LogP contribution in [0.2, 0.25) is 0 Å². The minimum atomic E-state index is 0.816. The van der Waals surface area contributed by atoms with Crippen LogP contribution in [0.3, 0.4) is 0 Å². The van der Waals surface area contributed by atoms with E-state index in [1.165, 1.54) is 70.6 Å². The zero-order valence-corrected chi connectivity index (χ0v) is 16.4. The monoisotopic (exact) mass is 331 g/mol. The molecular formula is C23H41N. The Morgan fingerprint density at radius 3 is 1.79 bits per heavy atom. The van der Waals surface area contributed by atoms with Gasteiger partial charge in [0, 0.05) is 12.2 Å². The van der Waals surface area contributed by atoms with Crippen LogP contribution < -0.4 is 5.32 Å². The summed E-state index contributed by atoms with van der Waals surface area (Å²) < 4.78 is 0. The summed E-state index contributed by atoms with van der Waals surface area (Å²) in [5.41, 5.74) is 2.12. The van der Waals surface area contributed by atoms with Crippen molar-refractivity contribution in [3.63, 3.8) is 0 Å². The maximum atomic E-state index is 3.98. The molecular weight excluding hydrogens is 290 g/mol. The molecule has 0 rings (SSSR count). The van der Waals surface area contributed by atoms with Gasteiger partial charge in [-0.3, -0.25) is 0 Å². The fraction of sp³-hybridized carbons (Fsp3) is 0.652. The summed E-state index contributed by atoms with van der Waals surface area (Å²) in [6, 6.07) is 0. The van der Waals surface area contributed by atoms with E-state index in [0.717, 1.165) is 24.2 Å². The normalized spacial score (nSPS) is 11.4. The van der Waals surface area contributed by atoms with Crippen LogP contribution in [0.5, 0.6) is 0 Å². The fourth-order valence-corrected chi connectivity index (χ4v) is 2.53. The van der Waals surface area contributed by atoms with Crippen molar-refractivity contribution in [2.75, 3.05) is 6.54 Å². The Morgan fingerprint density at radius 1 is 0.750 bits per heavy atom. The van der Waals surface area contributed by atoms with E-state index in [1.807, 2.05) is 6.92 Å². The average molecular weight is 332 g/mol. The third kappa shape index (κ3) is 18.8. The lowest BCUT2D eigenvalue weighted by Crippen LogP contribution is -2.12. The van der Waals surface area contributed by atoms with E-state index in [0.29, 0.717) is 0 Å². The van der Waals surface area contributed by atoms with Crippen LogP contribution in [-0.2, 0) is 0 Å². The van der Waals surface area contributed by atoms with Crippen LogP contribution in [0.4, 0.5) is 0 Å². The van der Waals surface area contributed by atoms with Gasteiger partial charge in [-0.05, 0) is 51.5 Å². The predicted molar refractivity (Wildman–Crippen MR) is 111 cm³/mol. The van der Waals surface area contributed by atoms with Crippen molar-refractivity contribution >= 4 is 0 Å². The number of hydrogen-bond donors (Lipinski definition) is 1. The second-order valence-electron chi connectivity index (χ2n) is 6.90. The number of hydrogen-bond acceptors (Lipinski definition) is 1. The molecule has 0 unspecified atom stereocenters. The molecule has 0 bridgehead atoms. The molecule has 138 valence electrons. The molecule has 0 heterocycles. The van der Waals surface area contributed by atoms with Gasteiger partial charge in [0.1, 0.15) is 0 Å². The highest BCUT2D eigenvalue weighted by molar-refractivity contribution is 5.13. The standard InChI is InChI=1S/C23H41N/c1-5-6-7-8-9-10-11-12-13-14-15-16-17-18-19-20-23(4)24-21-22(2)3/h10-11,19-20,24H,2,4-9,12-18,21H2,1,3H3/b11-10-,20-19+. The molecule has 0 radical (unpaired) electrons. The number of rotatable bonds is 17. The molecule has 0 aliphatic rings. The van der Waals surface area contributed by atoms with Gasteiger partial charge in [0.2, 0.25) is 0 Å². The Bertz CT molecular complexity index is 362. The molecule has 0 spiro atoms. The third-order valence-corrected chi connectivity index (χ3v) is 4.07.